The van der Waals surface area contributed by atoms with Gasteiger partial charge in [-0.2, -0.15) is 0 Å². The van der Waals surface area contributed by atoms with E-state index in [1.54, 1.807) is 41.1 Å². The standard InChI is InChI=1S/C30H24ClFN6O3/c31-37-14-10-19(11-15-37)25-16-24-26(18-34-25)33-12-9-27(24)41-22-7-8-28(35-17-22)36-29(39)23-2-1-13-38(30(23)40)21-5-3-20(32)4-6-21/h1-9,12-13,16-19H,10-11,14-15H2,(H,35,36,39). The number of hydrogen-bond acceptors (Lipinski definition) is 7. The third-order valence-electron chi connectivity index (χ3n) is 6.97. The van der Waals surface area contributed by atoms with Crippen molar-refractivity contribution in [1.82, 2.24) is 23.9 Å². The molecule has 206 valence electrons. The van der Waals surface area contributed by atoms with Crippen LogP contribution in [0, 0.1) is 5.82 Å². The zero-order valence-electron chi connectivity index (χ0n) is 21.7. The Morgan fingerprint density at radius 3 is 2.56 bits per heavy atom. The molecule has 0 atom stereocenters. The highest BCUT2D eigenvalue weighted by atomic mass is 35.5. The van der Waals surface area contributed by atoms with Crippen LogP contribution in [0.1, 0.15) is 34.8 Å². The molecule has 4 aromatic heterocycles. The van der Waals surface area contributed by atoms with Crippen molar-refractivity contribution in [3.8, 4) is 17.2 Å². The number of hydrogen-bond donors (Lipinski definition) is 1. The van der Waals surface area contributed by atoms with Gasteiger partial charge in [-0.05, 0) is 85.3 Å². The topological polar surface area (TPSA) is 102 Å². The summed E-state index contributed by atoms with van der Waals surface area (Å²) < 4.78 is 22.5. The highest BCUT2D eigenvalue weighted by molar-refractivity contribution is 6.13. The summed E-state index contributed by atoms with van der Waals surface area (Å²) in [5.74, 6) is 0.594. The van der Waals surface area contributed by atoms with E-state index in [1.165, 1.54) is 47.3 Å². The molecule has 6 rings (SSSR count). The van der Waals surface area contributed by atoms with Crippen molar-refractivity contribution in [2.45, 2.75) is 18.8 Å². The van der Waals surface area contributed by atoms with Gasteiger partial charge in [0.2, 0.25) is 0 Å². The Labute approximate surface area is 239 Å². The zero-order chi connectivity index (χ0) is 28.3. The Morgan fingerprint density at radius 2 is 1.80 bits per heavy atom. The number of benzene rings is 1. The van der Waals surface area contributed by atoms with Crippen molar-refractivity contribution in [2.75, 3.05) is 18.4 Å². The third-order valence-corrected chi connectivity index (χ3v) is 7.31. The van der Waals surface area contributed by atoms with Crippen LogP contribution in [0.25, 0.3) is 16.6 Å². The molecular formula is C30H24ClFN6O3. The van der Waals surface area contributed by atoms with Gasteiger partial charge in [-0.25, -0.2) is 13.8 Å². The molecule has 0 aliphatic carbocycles. The molecule has 1 aliphatic rings. The van der Waals surface area contributed by atoms with Gasteiger partial charge >= 0.3 is 0 Å². The third kappa shape index (κ3) is 5.79. The second-order valence-electron chi connectivity index (χ2n) is 9.63. The molecule has 1 aliphatic heterocycles. The summed E-state index contributed by atoms with van der Waals surface area (Å²) in [7, 11) is 0. The van der Waals surface area contributed by atoms with Gasteiger partial charge in [0.15, 0.2) is 0 Å². The summed E-state index contributed by atoms with van der Waals surface area (Å²) in [6.07, 6.45) is 8.28. The number of rotatable bonds is 6. The van der Waals surface area contributed by atoms with Crippen molar-refractivity contribution in [1.29, 1.82) is 0 Å². The molecule has 11 heteroatoms. The summed E-state index contributed by atoms with van der Waals surface area (Å²) in [6.45, 7) is 1.62. The lowest BCUT2D eigenvalue weighted by Crippen LogP contribution is -2.28. The fourth-order valence-electron chi connectivity index (χ4n) is 4.79. The highest BCUT2D eigenvalue weighted by Crippen LogP contribution is 2.33. The van der Waals surface area contributed by atoms with Crippen LogP contribution < -0.4 is 15.6 Å². The minimum Gasteiger partial charge on any atom is -0.455 e. The molecule has 0 spiro atoms. The highest BCUT2D eigenvalue weighted by Gasteiger charge is 2.21. The van der Waals surface area contributed by atoms with Crippen LogP contribution in [-0.4, -0.2) is 42.9 Å². The number of carbonyl (C=O) groups is 1. The first-order valence-electron chi connectivity index (χ1n) is 13.0. The molecule has 5 aromatic rings. The number of amides is 1. The van der Waals surface area contributed by atoms with E-state index in [0.717, 1.165) is 37.0 Å². The lowest BCUT2D eigenvalue weighted by molar-refractivity contribution is 0.102. The summed E-state index contributed by atoms with van der Waals surface area (Å²) in [6, 6.07) is 15.5. The largest absolute Gasteiger partial charge is 0.455 e. The number of aromatic nitrogens is 4. The summed E-state index contributed by atoms with van der Waals surface area (Å²) in [4.78, 5) is 39.2. The maximum atomic E-state index is 13.3. The Bertz CT molecular complexity index is 1770. The van der Waals surface area contributed by atoms with Gasteiger partial charge in [-0.1, -0.05) is 0 Å². The van der Waals surface area contributed by atoms with Crippen LogP contribution in [0.3, 0.4) is 0 Å². The van der Waals surface area contributed by atoms with Crippen molar-refractivity contribution >= 4 is 34.4 Å². The Balaban J connectivity index is 1.18. The van der Waals surface area contributed by atoms with Gasteiger partial charge in [-0.3, -0.25) is 24.1 Å². The van der Waals surface area contributed by atoms with E-state index in [9.17, 15) is 14.0 Å². The minimum atomic E-state index is -0.618. The molecule has 1 amide bonds. The SMILES string of the molecule is O=C(Nc1ccc(Oc2ccnc3cnc(C4CCN(Cl)CC4)cc23)cn1)c1cccn(-c2ccc(F)cc2)c1=O. The van der Waals surface area contributed by atoms with Gasteiger partial charge in [0.05, 0.1) is 17.9 Å². The normalized spacial score (nSPS) is 14.2. The van der Waals surface area contributed by atoms with Crippen LogP contribution in [-0.2, 0) is 0 Å². The maximum Gasteiger partial charge on any atom is 0.267 e. The molecule has 0 radical (unpaired) electrons. The Morgan fingerprint density at radius 1 is 1.00 bits per heavy atom. The van der Waals surface area contributed by atoms with Crippen LogP contribution in [0.4, 0.5) is 10.2 Å². The van der Waals surface area contributed by atoms with Crippen LogP contribution in [0.15, 0.2) is 90.2 Å². The molecule has 0 unspecified atom stereocenters. The molecule has 0 saturated carbocycles. The molecule has 0 bridgehead atoms. The van der Waals surface area contributed by atoms with E-state index >= 15 is 0 Å². The average molecular weight is 571 g/mol. The molecule has 1 fully saturated rings. The summed E-state index contributed by atoms with van der Waals surface area (Å²) in [5, 5.41) is 3.48. The Hall–Kier alpha value is -4.67. The number of nitrogens with zero attached hydrogens (tertiary/aromatic N) is 5. The summed E-state index contributed by atoms with van der Waals surface area (Å²) in [5.41, 5.74) is 1.52. The van der Waals surface area contributed by atoms with Gasteiger partial charge in [0, 0.05) is 48.2 Å². The first-order chi connectivity index (χ1) is 19.9. The quantitative estimate of drug-likeness (QED) is 0.262. The van der Waals surface area contributed by atoms with Crippen molar-refractivity contribution in [3.63, 3.8) is 0 Å². The molecule has 41 heavy (non-hydrogen) atoms. The van der Waals surface area contributed by atoms with E-state index in [1.807, 2.05) is 6.07 Å². The van der Waals surface area contributed by atoms with Crippen LogP contribution in [0.5, 0.6) is 11.5 Å². The minimum absolute atomic E-state index is 0.0802. The van der Waals surface area contributed by atoms with Gasteiger partial charge < -0.3 is 10.1 Å². The number of fused-ring (bicyclic) bond motifs is 1. The Kier molecular flexibility index (Phi) is 7.41. The number of ether oxygens (including phenoxy) is 1. The lowest BCUT2D eigenvalue weighted by Gasteiger charge is -2.26. The first kappa shape index (κ1) is 26.5. The first-order valence-corrected chi connectivity index (χ1v) is 13.4. The van der Waals surface area contributed by atoms with E-state index < -0.39 is 17.3 Å². The molecule has 5 heterocycles. The van der Waals surface area contributed by atoms with Gasteiger partial charge in [-0.15, -0.1) is 0 Å². The molecule has 1 saturated heterocycles. The predicted molar refractivity (Wildman–Crippen MR) is 153 cm³/mol. The number of carbonyl (C=O) groups excluding carboxylic acids is 1. The maximum absolute atomic E-state index is 13.3. The molecule has 1 aromatic carbocycles. The van der Waals surface area contributed by atoms with Crippen molar-refractivity contribution < 1.29 is 13.9 Å². The zero-order valence-corrected chi connectivity index (χ0v) is 22.5. The van der Waals surface area contributed by atoms with E-state index in [0.29, 0.717) is 28.6 Å². The summed E-state index contributed by atoms with van der Waals surface area (Å²) >= 11 is 6.12. The fourth-order valence-corrected chi connectivity index (χ4v) is 4.99. The number of piperidine rings is 1. The number of nitrogens with one attached hydrogen (secondary N) is 1. The molecule has 1 N–H and O–H groups in total. The number of halogens is 2. The molecular weight excluding hydrogens is 547 g/mol. The number of anilines is 1. The monoisotopic (exact) mass is 570 g/mol. The average Bonchev–Trinajstić information content (AvgIpc) is 2.99. The van der Waals surface area contributed by atoms with E-state index in [4.69, 9.17) is 16.5 Å². The van der Waals surface area contributed by atoms with Crippen molar-refractivity contribution in [3.05, 3.63) is 113 Å². The van der Waals surface area contributed by atoms with Gasteiger partial charge in [0.1, 0.15) is 28.7 Å². The second kappa shape index (κ2) is 11.4. The second-order valence-corrected chi connectivity index (χ2v) is 10.1. The van der Waals surface area contributed by atoms with Crippen LogP contribution >= 0.6 is 11.8 Å². The van der Waals surface area contributed by atoms with Crippen molar-refractivity contribution in [2.24, 2.45) is 0 Å². The van der Waals surface area contributed by atoms with Gasteiger partial charge in [0.25, 0.3) is 11.5 Å². The number of pyridine rings is 4. The molecule has 9 nitrogen and oxygen atoms in total. The van der Waals surface area contributed by atoms with E-state index in [-0.39, 0.29) is 11.4 Å². The predicted octanol–water partition coefficient (Wildman–Crippen LogP) is 5.69. The fraction of sp³-hybridized carbons (Fsp3) is 0.167. The lowest BCUT2D eigenvalue weighted by atomic mass is 9.93. The smallest absolute Gasteiger partial charge is 0.267 e. The van der Waals surface area contributed by atoms with E-state index in [2.05, 4.69) is 20.3 Å². The van der Waals surface area contributed by atoms with Crippen LogP contribution in [0.2, 0.25) is 0 Å².